The molecule has 0 bridgehead atoms. The number of hydrogen-bond donors (Lipinski definition) is 1. The second-order valence-corrected chi connectivity index (χ2v) is 5.33. The van der Waals surface area contributed by atoms with Crippen molar-refractivity contribution >= 4 is 5.97 Å². The molecule has 0 aliphatic carbocycles. The van der Waals surface area contributed by atoms with Crippen LogP contribution >= 0.6 is 0 Å². The van der Waals surface area contributed by atoms with E-state index in [0.717, 1.165) is 45.7 Å². The van der Waals surface area contributed by atoms with Crippen molar-refractivity contribution in [2.75, 3.05) is 52.4 Å². The van der Waals surface area contributed by atoms with Crippen LogP contribution in [0.1, 0.15) is 33.6 Å². The van der Waals surface area contributed by atoms with Gasteiger partial charge < -0.3 is 19.9 Å². The summed E-state index contributed by atoms with van der Waals surface area (Å²) in [5.74, 6) is -0.112. The Bertz CT molecular complexity index is 266. The number of rotatable bonds is 9. The van der Waals surface area contributed by atoms with E-state index >= 15 is 0 Å². The molecule has 1 N–H and O–H groups in total. The van der Waals surface area contributed by atoms with Crippen molar-refractivity contribution in [3.8, 4) is 0 Å². The molecule has 1 aliphatic heterocycles. The summed E-state index contributed by atoms with van der Waals surface area (Å²) < 4.78 is 5.12. The van der Waals surface area contributed by atoms with Crippen molar-refractivity contribution in [1.29, 1.82) is 0 Å². The van der Waals surface area contributed by atoms with E-state index in [0.29, 0.717) is 6.61 Å². The predicted octanol–water partition coefficient (Wildman–Crippen LogP) is 0.945. The molecular formula is C15H31N3O2. The fourth-order valence-electron chi connectivity index (χ4n) is 2.66. The van der Waals surface area contributed by atoms with E-state index in [1.165, 1.54) is 13.0 Å². The molecule has 1 unspecified atom stereocenters. The monoisotopic (exact) mass is 285 g/mol. The molecule has 0 aromatic rings. The predicted molar refractivity (Wildman–Crippen MR) is 81.9 cm³/mol. The van der Waals surface area contributed by atoms with Crippen LogP contribution in [0.2, 0.25) is 0 Å². The molecule has 0 aromatic heterocycles. The fraction of sp³-hybridized carbons (Fsp3) is 0.933. The maximum atomic E-state index is 11.8. The number of esters is 1. The molecule has 0 spiro atoms. The number of hydrogen-bond acceptors (Lipinski definition) is 5. The summed E-state index contributed by atoms with van der Waals surface area (Å²) in [6.07, 6.45) is 2.06. The number of piperazine rings is 1. The molecule has 0 radical (unpaired) electrons. The summed E-state index contributed by atoms with van der Waals surface area (Å²) in [4.78, 5) is 16.8. The second kappa shape index (κ2) is 10.1. The molecule has 1 saturated heterocycles. The minimum absolute atomic E-state index is 0.112. The number of carbonyl (C=O) groups is 1. The van der Waals surface area contributed by atoms with Crippen molar-refractivity contribution in [1.82, 2.24) is 15.1 Å². The normalized spacial score (nSPS) is 18.9. The second-order valence-electron chi connectivity index (χ2n) is 5.33. The Morgan fingerprint density at radius 1 is 1.10 bits per heavy atom. The average Bonchev–Trinajstić information content (AvgIpc) is 2.45. The van der Waals surface area contributed by atoms with E-state index in [1.807, 2.05) is 13.8 Å². The number of carbonyl (C=O) groups excluding carboxylic acids is 1. The molecular weight excluding hydrogens is 254 g/mol. The molecule has 1 aliphatic rings. The standard InChI is InChI=1S/C15H31N3O2/c1-4-8-17-10-12-18(13-11-17)9-7-14(16-5-2)15(19)20-6-3/h14,16H,4-13H2,1-3H3. The van der Waals surface area contributed by atoms with Gasteiger partial charge in [0, 0.05) is 32.7 Å². The zero-order valence-electron chi connectivity index (χ0n) is 13.4. The van der Waals surface area contributed by atoms with Gasteiger partial charge in [-0.15, -0.1) is 0 Å². The highest BCUT2D eigenvalue weighted by atomic mass is 16.5. The van der Waals surface area contributed by atoms with Crippen molar-refractivity contribution in [2.24, 2.45) is 0 Å². The van der Waals surface area contributed by atoms with Gasteiger partial charge in [-0.2, -0.15) is 0 Å². The SMILES string of the molecule is CCCN1CCN(CCC(NCC)C(=O)OCC)CC1. The maximum absolute atomic E-state index is 11.8. The van der Waals surface area contributed by atoms with Crippen LogP contribution in [0.15, 0.2) is 0 Å². The van der Waals surface area contributed by atoms with Crippen LogP contribution < -0.4 is 5.32 Å². The van der Waals surface area contributed by atoms with Crippen LogP contribution in [-0.4, -0.2) is 74.2 Å². The van der Waals surface area contributed by atoms with E-state index in [9.17, 15) is 4.79 Å². The lowest BCUT2D eigenvalue weighted by atomic mass is 10.2. The third-order valence-corrected chi connectivity index (χ3v) is 3.76. The highest BCUT2D eigenvalue weighted by Crippen LogP contribution is 2.05. The van der Waals surface area contributed by atoms with Gasteiger partial charge in [-0.1, -0.05) is 13.8 Å². The Morgan fingerprint density at radius 2 is 1.70 bits per heavy atom. The largest absolute Gasteiger partial charge is 0.465 e. The van der Waals surface area contributed by atoms with Gasteiger partial charge in [-0.05, 0) is 32.9 Å². The van der Waals surface area contributed by atoms with Crippen molar-refractivity contribution in [3.63, 3.8) is 0 Å². The molecule has 1 heterocycles. The molecule has 5 nitrogen and oxygen atoms in total. The summed E-state index contributed by atoms with van der Waals surface area (Å²) in [5.41, 5.74) is 0. The Hall–Kier alpha value is -0.650. The van der Waals surface area contributed by atoms with Gasteiger partial charge in [-0.25, -0.2) is 0 Å². The summed E-state index contributed by atoms with van der Waals surface area (Å²) >= 11 is 0. The fourth-order valence-corrected chi connectivity index (χ4v) is 2.66. The van der Waals surface area contributed by atoms with E-state index in [1.54, 1.807) is 0 Å². The van der Waals surface area contributed by atoms with Crippen LogP contribution in [0.3, 0.4) is 0 Å². The molecule has 1 rings (SSSR count). The van der Waals surface area contributed by atoms with Crippen molar-refractivity contribution in [2.45, 2.75) is 39.7 Å². The molecule has 5 heteroatoms. The third kappa shape index (κ3) is 6.20. The first-order valence-corrected chi connectivity index (χ1v) is 8.05. The van der Waals surface area contributed by atoms with Gasteiger partial charge in [-0.3, -0.25) is 4.79 Å². The first kappa shape index (κ1) is 17.4. The Kier molecular flexibility index (Phi) is 8.82. The molecule has 1 fully saturated rings. The van der Waals surface area contributed by atoms with Crippen molar-refractivity contribution < 1.29 is 9.53 Å². The van der Waals surface area contributed by atoms with Gasteiger partial charge in [0.2, 0.25) is 0 Å². The highest BCUT2D eigenvalue weighted by Gasteiger charge is 2.21. The number of likely N-dealkylation sites (N-methyl/N-ethyl adjacent to an activating group) is 1. The summed E-state index contributed by atoms with van der Waals surface area (Å²) in [6, 6.07) is -0.159. The summed E-state index contributed by atoms with van der Waals surface area (Å²) in [6.45, 7) is 14.1. The van der Waals surface area contributed by atoms with Crippen LogP contribution in [0.25, 0.3) is 0 Å². The Balaban J connectivity index is 2.28. The number of ether oxygens (including phenoxy) is 1. The minimum Gasteiger partial charge on any atom is -0.465 e. The van der Waals surface area contributed by atoms with Crippen LogP contribution in [0.4, 0.5) is 0 Å². The van der Waals surface area contributed by atoms with Gasteiger partial charge in [0.1, 0.15) is 6.04 Å². The lowest BCUT2D eigenvalue weighted by Crippen LogP contribution is -2.48. The Morgan fingerprint density at radius 3 is 2.20 bits per heavy atom. The third-order valence-electron chi connectivity index (χ3n) is 3.76. The first-order valence-electron chi connectivity index (χ1n) is 8.05. The molecule has 0 saturated carbocycles. The average molecular weight is 285 g/mol. The smallest absolute Gasteiger partial charge is 0.323 e. The zero-order chi connectivity index (χ0) is 14.8. The first-order chi connectivity index (χ1) is 9.71. The lowest BCUT2D eigenvalue weighted by molar-refractivity contribution is -0.145. The summed E-state index contributed by atoms with van der Waals surface area (Å²) in [5, 5.41) is 3.22. The van der Waals surface area contributed by atoms with E-state index in [2.05, 4.69) is 22.0 Å². The number of nitrogens with zero attached hydrogens (tertiary/aromatic N) is 2. The quantitative estimate of drug-likeness (QED) is 0.639. The van der Waals surface area contributed by atoms with E-state index < -0.39 is 0 Å². The van der Waals surface area contributed by atoms with Gasteiger partial charge in [0.25, 0.3) is 0 Å². The topological polar surface area (TPSA) is 44.8 Å². The lowest BCUT2D eigenvalue weighted by Gasteiger charge is -2.35. The molecule has 20 heavy (non-hydrogen) atoms. The highest BCUT2D eigenvalue weighted by molar-refractivity contribution is 5.75. The molecule has 0 aromatic carbocycles. The van der Waals surface area contributed by atoms with Gasteiger partial charge >= 0.3 is 5.97 Å². The van der Waals surface area contributed by atoms with Crippen LogP contribution in [-0.2, 0) is 9.53 Å². The van der Waals surface area contributed by atoms with Gasteiger partial charge in [0.05, 0.1) is 6.61 Å². The minimum atomic E-state index is -0.159. The molecule has 0 amide bonds. The van der Waals surface area contributed by atoms with E-state index in [-0.39, 0.29) is 12.0 Å². The Labute approximate surface area is 123 Å². The van der Waals surface area contributed by atoms with Crippen LogP contribution in [0, 0.1) is 0 Å². The maximum Gasteiger partial charge on any atom is 0.323 e. The van der Waals surface area contributed by atoms with Crippen LogP contribution in [0.5, 0.6) is 0 Å². The van der Waals surface area contributed by atoms with E-state index in [4.69, 9.17) is 4.74 Å². The molecule has 118 valence electrons. The number of nitrogens with one attached hydrogen (secondary N) is 1. The summed E-state index contributed by atoms with van der Waals surface area (Å²) in [7, 11) is 0. The van der Waals surface area contributed by atoms with Crippen molar-refractivity contribution in [3.05, 3.63) is 0 Å². The zero-order valence-corrected chi connectivity index (χ0v) is 13.4. The van der Waals surface area contributed by atoms with Gasteiger partial charge in [0.15, 0.2) is 0 Å². The molecule has 1 atom stereocenters.